The molecule has 1 unspecified atom stereocenters. The molecule has 1 aromatic carbocycles. The van der Waals surface area contributed by atoms with Gasteiger partial charge in [0.1, 0.15) is 0 Å². The summed E-state index contributed by atoms with van der Waals surface area (Å²) in [6.45, 7) is 0. The summed E-state index contributed by atoms with van der Waals surface area (Å²) in [6.07, 6.45) is 10.1. The lowest BCUT2D eigenvalue weighted by molar-refractivity contribution is 0.878. The zero-order valence-electron chi connectivity index (χ0n) is 8.80. The quantitative estimate of drug-likeness (QED) is 0.753. The van der Waals surface area contributed by atoms with Gasteiger partial charge in [-0.15, -0.1) is 0 Å². The van der Waals surface area contributed by atoms with Crippen molar-refractivity contribution in [3.63, 3.8) is 0 Å². The van der Waals surface area contributed by atoms with Crippen LogP contribution in [0.15, 0.2) is 65.8 Å². The molecule has 0 spiro atoms. The van der Waals surface area contributed by atoms with Crippen molar-refractivity contribution >= 4 is 11.4 Å². The summed E-state index contributed by atoms with van der Waals surface area (Å²) >= 11 is 0. The van der Waals surface area contributed by atoms with E-state index in [1.54, 1.807) is 0 Å². The summed E-state index contributed by atoms with van der Waals surface area (Å²) in [4.78, 5) is 4.46. The first-order valence-corrected chi connectivity index (χ1v) is 5.38. The molecule has 0 saturated carbocycles. The lowest BCUT2D eigenvalue weighted by atomic mass is 10.0. The Hall–Kier alpha value is -2.09. The van der Waals surface area contributed by atoms with E-state index in [1.165, 1.54) is 5.56 Å². The molecule has 0 radical (unpaired) electrons. The maximum Gasteiger partial charge on any atom is 0.0873 e. The SMILES string of the molecule is C1=CC2=NC=C(c3ccccc3)NC2C=C1. The smallest absolute Gasteiger partial charge is 0.0873 e. The van der Waals surface area contributed by atoms with Crippen LogP contribution in [0.3, 0.4) is 0 Å². The second-order valence-electron chi connectivity index (χ2n) is 3.83. The minimum atomic E-state index is 0.213. The van der Waals surface area contributed by atoms with E-state index in [-0.39, 0.29) is 6.04 Å². The monoisotopic (exact) mass is 208 g/mol. The summed E-state index contributed by atoms with van der Waals surface area (Å²) in [5, 5.41) is 3.46. The van der Waals surface area contributed by atoms with Gasteiger partial charge in [0.2, 0.25) is 0 Å². The molecule has 1 aliphatic heterocycles. The number of hydrogen-bond acceptors (Lipinski definition) is 2. The average molecular weight is 208 g/mol. The summed E-state index contributed by atoms with van der Waals surface area (Å²) in [7, 11) is 0. The molecule has 0 fully saturated rings. The predicted octanol–water partition coefficient (Wildman–Crippen LogP) is 2.52. The normalized spacial score (nSPS) is 21.9. The Labute approximate surface area is 94.7 Å². The van der Waals surface area contributed by atoms with Crippen LogP contribution in [-0.4, -0.2) is 11.8 Å². The van der Waals surface area contributed by atoms with Crippen LogP contribution < -0.4 is 5.32 Å². The van der Waals surface area contributed by atoms with Crippen LogP contribution in [0, 0.1) is 0 Å². The van der Waals surface area contributed by atoms with Crippen molar-refractivity contribution in [2.24, 2.45) is 4.99 Å². The lowest BCUT2D eigenvalue weighted by Crippen LogP contribution is -2.36. The molecule has 1 heterocycles. The van der Waals surface area contributed by atoms with Crippen LogP contribution in [0.5, 0.6) is 0 Å². The van der Waals surface area contributed by atoms with Gasteiger partial charge in [-0.25, -0.2) is 0 Å². The molecule has 0 saturated heterocycles. The molecule has 2 nitrogen and oxygen atoms in total. The Morgan fingerprint density at radius 3 is 2.81 bits per heavy atom. The van der Waals surface area contributed by atoms with Crippen molar-refractivity contribution in [2.75, 3.05) is 0 Å². The van der Waals surface area contributed by atoms with Gasteiger partial charge >= 0.3 is 0 Å². The van der Waals surface area contributed by atoms with Crippen molar-refractivity contribution in [1.29, 1.82) is 0 Å². The number of aliphatic imine (C=N–C) groups is 1. The molecule has 1 atom stereocenters. The molecule has 1 aliphatic carbocycles. The van der Waals surface area contributed by atoms with E-state index in [2.05, 4.69) is 28.5 Å². The van der Waals surface area contributed by atoms with Gasteiger partial charge in [0.25, 0.3) is 0 Å². The van der Waals surface area contributed by atoms with E-state index in [0.717, 1.165) is 11.4 Å². The first kappa shape index (κ1) is 9.16. The fraction of sp³-hybridized carbons (Fsp3) is 0.0714. The molecular weight excluding hydrogens is 196 g/mol. The number of nitrogens with one attached hydrogen (secondary N) is 1. The number of benzene rings is 1. The summed E-state index contributed by atoms with van der Waals surface area (Å²) in [5.74, 6) is 0. The highest BCUT2D eigenvalue weighted by atomic mass is 15.0. The number of allylic oxidation sites excluding steroid dienone is 2. The fourth-order valence-electron chi connectivity index (χ4n) is 1.90. The highest BCUT2D eigenvalue weighted by Crippen LogP contribution is 2.17. The molecule has 0 amide bonds. The predicted molar refractivity (Wildman–Crippen MR) is 67.1 cm³/mol. The largest absolute Gasteiger partial charge is 0.372 e. The fourth-order valence-corrected chi connectivity index (χ4v) is 1.90. The Balaban J connectivity index is 1.95. The lowest BCUT2D eigenvalue weighted by Gasteiger charge is -2.24. The van der Waals surface area contributed by atoms with Gasteiger partial charge in [-0.3, -0.25) is 4.99 Å². The summed E-state index contributed by atoms with van der Waals surface area (Å²) < 4.78 is 0. The molecule has 1 N–H and O–H groups in total. The number of rotatable bonds is 1. The van der Waals surface area contributed by atoms with Crippen LogP contribution in [-0.2, 0) is 0 Å². The van der Waals surface area contributed by atoms with E-state index in [0.29, 0.717) is 0 Å². The van der Waals surface area contributed by atoms with Crippen molar-refractivity contribution in [1.82, 2.24) is 5.32 Å². The van der Waals surface area contributed by atoms with E-state index < -0.39 is 0 Å². The van der Waals surface area contributed by atoms with E-state index >= 15 is 0 Å². The number of fused-ring (bicyclic) bond motifs is 1. The van der Waals surface area contributed by atoms with Gasteiger partial charge < -0.3 is 5.32 Å². The van der Waals surface area contributed by atoms with Gasteiger partial charge in [-0.1, -0.05) is 48.6 Å². The summed E-state index contributed by atoms with van der Waals surface area (Å²) in [6, 6.07) is 10.5. The minimum Gasteiger partial charge on any atom is -0.372 e. The molecule has 2 aliphatic rings. The Morgan fingerprint density at radius 2 is 1.94 bits per heavy atom. The first-order chi connectivity index (χ1) is 7.93. The maximum atomic E-state index is 4.46. The van der Waals surface area contributed by atoms with E-state index in [9.17, 15) is 0 Å². The molecule has 1 aromatic rings. The third-order valence-electron chi connectivity index (χ3n) is 2.74. The van der Waals surface area contributed by atoms with Gasteiger partial charge in [-0.05, 0) is 11.6 Å². The standard InChI is InChI=1S/C14H12N2/c1-2-6-11(7-3-1)14-10-15-12-8-4-5-9-13(12)16-14/h1-10,13,16H. The van der Waals surface area contributed by atoms with Crippen molar-refractivity contribution in [3.05, 3.63) is 66.4 Å². The first-order valence-electron chi connectivity index (χ1n) is 5.38. The van der Waals surface area contributed by atoms with Crippen LogP contribution >= 0.6 is 0 Å². The molecular formula is C14H12N2. The molecule has 78 valence electrons. The Kier molecular flexibility index (Phi) is 2.18. The van der Waals surface area contributed by atoms with E-state index in [4.69, 9.17) is 0 Å². The summed E-state index contributed by atoms with van der Waals surface area (Å²) in [5.41, 5.74) is 3.32. The van der Waals surface area contributed by atoms with Gasteiger partial charge in [0, 0.05) is 0 Å². The van der Waals surface area contributed by atoms with Crippen LogP contribution in [0.2, 0.25) is 0 Å². The van der Waals surface area contributed by atoms with Crippen LogP contribution in [0.25, 0.3) is 5.70 Å². The Bertz CT molecular complexity index is 507. The van der Waals surface area contributed by atoms with Gasteiger partial charge in [-0.2, -0.15) is 0 Å². The highest BCUT2D eigenvalue weighted by Gasteiger charge is 2.17. The van der Waals surface area contributed by atoms with Crippen molar-refractivity contribution in [2.45, 2.75) is 6.04 Å². The molecule has 16 heavy (non-hydrogen) atoms. The molecule has 2 heteroatoms. The topological polar surface area (TPSA) is 24.4 Å². The Morgan fingerprint density at radius 1 is 1.06 bits per heavy atom. The zero-order valence-corrected chi connectivity index (χ0v) is 8.80. The van der Waals surface area contributed by atoms with Crippen molar-refractivity contribution < 1.29 is 0 Å². The second-order valence-corrected chi connectivity index (χ2v) is 3.83. The number of nitrogens with zero attached hydrogens (tertiary/aromatic N) is 1. The third kappa shape index (κ3) is 1.58. The number of hydrogen-bond donors (Lipinski definition) is 1. The zero-order chi connectivity index (χ0) is 10.8. The molecule has 0 bridgehead atoms. The minimum absolute atomic E-state index is 0.213. The average Bonchev–Trinajstić information content (AvgIpc) is 2.39. The third-order valence-corrected chi connectivity index (χ3v) is 2.74. The van der Waals surface area contributed by atoms with Gasteiger partial charge in [0.05, 0.1) is 23.7 Å². The molecule has 3 rings (SSSR count). The highest BCUT2D eigenvalue weighted by molar-refractivity contribution is 6.04. The van der Waals surface area contributed by atoms with Gasteiger partial charge in [0.15, 0.2) is 0 Å². The van der Waals surface area contributed by atoms with Crippen LogP contribution in [0.4, 0.5) is 0 Å². The maximum absolute atomic E-state index is 4.46. The second kappa shape index (κ2) is 3.81. The van der Waals surface area contributed by atoms with Crippen molar-refractivity contribution in [3.8, 4) is 0 Å². The van der Waals surface area contributed by atoms with Crippen LogP contribution in [0.1, 0.15) is 5.56 Å². The molecule has 0 aromatic heterocycles. The van der Waals surface area contributed by atoms with E-state index in [1.807, 2.05) is 42.6 Å².